The first kappa shape index (κ1) is 19.4. The van der Waals surface area contributed by atoms with Gasteiger partial charge in [-0.2, -0.15) is 0 Å². The summed E-state index contributed by atoms with van der Waals surface area (Å²) in [5.41, 5.74) is 2.26. The lowest BCUT2D eigenvalue weighted by Crippen LogP contribution is -2.43. The minimum atomic E-state index is -0.0243. The van der Waals surface area contributed by atoms with Gasteiger partial charge < -0.3 is 15.1 Å². The maximum absolute atomic E-state index is 12.7. The topological polar surface area (TPSA) is 66.3 Å². The van der Waals surface area contributed by atoms with Gasteiger partial charge >= 0.3 is 0 Å². The SMILES string of the molecule is CN(C)c1ccc(CNC(=O)C2CCCN(c3nnc(-n4cccc4)s3)C2)cc1. The maximum atomic E-state index is 12.7. The van der Waals surface area contributed by atoms with Crippen LogP contribution in [0.25, 0.3) is 5.13 Å². The molecule has 2 aromatic heterocycles. The molecule has 1 saturated heterocycles. The average Bonchev–Trinajstić information content (AvgIpc) is 3.44. The van der Waals surface area contributed by atoms with Crippen LogP contribution < -0.4 is 15.1 Å². The molecular formula is C21H26N6OS. The van der Waals surface area contributed by atoms with Gasteiger partial charge in [0.15, 0.2) is 0 Å². The van der Waals surface area contributed by atoms with E-state index in [-0.39, 0.29) is 11.8 Å². The van der Waals surface area contributed by atoms with E-state index in [1.807, 2.05) is 43.2 Å². The molecule has 1 aliphatic heterocycles. The van der Waals surface area contributed by atoms with Gasteiger partial charge in [0, 0.05) is 51.8 Å². The molecule has 8 heteroatoms. The molecule has 1 aliphatic rings. The van der Waals surface area contributed by atoms with Crippen LogP contribution in [0.15, 0.2) is 48.8 Å². The third-order valence-corrected chi connectivity index (χ3v) is 6.21. The lowest BCUT2D eigenvalue weighted by Gasteiger charge is -2.31. The molecule has 1 fully saturated rings. The highest BCUT2D eigenvalue weighted by molar-refractivity contribution is 7.17. The fourth-order valence-corrected chi connectivity index (χ4v) is 4.36. The van der Waals surface area contributed by atoms with Gasteiger partial charge in [0.2, 0.25) is 16.2 Å². The number of aromatic nitrogens is 3. The zero-order chi connectivity index (χ0) is 20.2. The summed E-state index contributed by atoms with van der Waals surface area (Å²) < 4.78 is 1.96. The Balaban J connectivity index is 1.33. The summed E-state index contributed by atoms with van der Waals surface area (Å²) in [6.45, 7) is 2.15. The molecule has 0 spiro atoms. The lowest BCUT2D eigenvalue weighted by atomic mass is 9.97. The number of nitrogens with one attached hydrogen (secondary N) is 1. The Kier molecular flexibility index (Phi) is 5.80. The van der Waals surface area contributed by atoms with Gasteiger partial charge in [0.25, 0.3) is 0 Å². The molecule has 1 N–H and O–H groups in total. The van der Waals surface area contributed by atoms with E-state index in [9.17, 15) is 4.79 Å². The normalized spacial score (nSPS) is 16.6. The number of rotatable bonds is 6. The largest absolute Gasteiger partial charge is 0.378 e. The molecule has 3 aromatic rings. The Labute approximate surface area is 175 Å². The van der Waals surface area contributed by atoms with Crippen molar-refractivity contribution in [2.45, 2.75) is 19.4 Å². The van der Waals surface area contributed by atoms with E-state index in [1.54, 1.807) is 11.3 Å². The van der Waals surface area contributed by atoms with E-state index in [2.05, 4.69) is 49.6 Å². The molecule has 1 unspecified atom stereocenters. The van der Waals surface area contributed by atoms with Crippen molar-refractivity contribution in [3.05, 3.63) is 54.4 Å². The summed E-state index contributed by atoms with van der Waals surface area (Å²) in [5, 5.41) is 13.5. The van der Waals surface area contributed by atoms with Crippen molar-refractivity contribution in [1.82, 2.24) is 20.1 Å². The van der Waals surface area contributed by atoms with Gasteiger partial charge in [0.05, 0.1) is 5.92 Å². The number of amides is 1. The number of carbonyl (C=O) groups is 1. The van der Waals surface area contributed by atoms with Crippen LogP contribution in [-0.2, 0) is 11.3 Å². The van der Waals surface area contributed by atoms with Crippen molar-refractivity contribution in [2.24, 2.45) is 5.92 Å². The second kappa shape index (κ2) is 8.65. The molecule has 0 bridgehead atoms. The Bertz CT molecular complexity index is 935. The minimum Gasteiger partial charge on any atom is -0.378 e. The molecule has 3 heterocycles. The quantitative estimate of drug-likeness (QED) is 0.677. The van der Waals surface area contributed by atoms with Gasteiger partial charge in [0.1, 0.15) is 0 Å². The fourth-order valence-electron chi connectivity index (χ4n) is 3.51. The molecule has 0 saturated carbocycles. The summed E-state index contributed by atoms with van der Waals surface area (Å²) >= 11 is 1.56. The number of hydrogen-bond donors (Lipinski definition) is 1. The van der Waals surface area contributed by atoms with Gasteiger partial charge in [-0.25, -0.2) is 0 Å². The summed E-state index contributed by atoms with van der Waals surface area (Å²) in [6, 6.07) is 12.2. The predicted molar refractivity (Wildman–Crippen MR) is 117 cm³/mol. The van der Waals surface area contributed by atoms with Gasteiger partial charge in [-0.3, -0.25) is 9.36 Å². The Morgan fingerprint density at radius 2 is 1.90 bits per heavy atom. The van der Waals surface area contributed by atoms with Crippen molar-refractivity contribution in [2.75, 3.05) is 37.0 Å². The number of benzene rings is 1. The van der Waals surface area contributed by atoms with Crippen molar-refractivity contribution < 1.29 is 4.79 Å². The number of piperidine rings is 1. The third-order valence-electron chi connectivity index (χ3n) is 5.21. The molecule has 1 atom stereocenters. The van der Waals surface area contributed by atoms with Gasteiger partial charge in [-0.15, -0.1) is 10.2 Å². The average molecular weight is 411 g/mol. The van der Waals surface area contributed by atoms with Crippen molar-refractivity contribution in [1.29, 1.82) is 0 Å². The van der Waals surface area contributed by atoms with Crippen LogP contribution in [0.2, 0.25) is 0 Å². The number of hydrogen-bond acceptors (Lipinski definition) is 6. The molecule has 1 amide bonds. The molecule has 0 aliphatic carbocycles. The minimum absolute atomic E-state index is 0.0243. The molecule has 4 rings (SSSR count). The highest BCUT2D eigenvalue weighted by Gasteiger charge is 2.27. The highest BCUT2D eigenvalue weighted by Crippen LogP contribution is 2.28. The summed E-state index contributed by atoms with van der Waals surface area (Å²) in [4.78, 5) is 17.0. The summed E-state index contributed by atoms with van der Waals surface area (Å²) in [7, 11) is 4.04. The molecule has 29 heavy (non-hydrogen) atoms. The fraction of sp³-hybridized carbons (Fsp3) is 0.381. The van der Waals surface area contributed by atoms with Crippen LogP contribution in [0.5, 0.6) is 0 Å². The molecule has 1 aromatic carbocycles. The number of carbonyl (C=O) groups excluding carboxylic acids is 1. The molecular weight excluding hydrogens is 384 g/mol. The monoisotopic (exact) mass is 410 g/mol. The Morgan fingerprint density at radius 3 is 2.62 bits per heavy atom. The first-order valence-corrected chi connectivity index (χ1v) is 10.7. The van der Waals surface area contributed by atoms with E-state index >= 15 is 0 Å². The second-order valence-electron chi connectivity index (χ2n) is 7.52. The van der Waals surface area contributed by atoms with Gasteiger partial charge in [-0.1, -0.05) is 23.5 Å². The second-order valence-corrected chi connectivity index (χ2v) is 8.46. The number of nitrogens with zero attached hydrogens (tertiary/aromatic N) is 5. The van der Waals surface area contributed by atoms with E-state index in [0.717, 1.165) is 40.9 Å². The smallest absolute Gasteiger partial charge is 0.225 e. The molecule has 152 valence electrons. The van der Waals surface area contributed by atoms with Crippen LogP contribution in [0.1, 0.15) is 18.4 Å². The van der Waals surface area contributed by atoms with E-state index in [0.29, 0.717) is 13.1 Å². The summed E-state index contributed by atoms with van der Waals surface area (Å²) in [5.74, 6) is 0.0882. The zero-order valence-electron chi connectivity index (χ0n) is 16.8. The van der Waals surface area contributed by atoms with Crippen molar-refractivity contribution in [3.63, 3.8) is 0 Å². The Hall–Kier alpha value is -2.87. The van der Waals surface area contributed by atoms with Crippen molar-refractivity contribution in [3.8, 4) is 5.13 Å². The van der Waals surface area contributed by atoms with Gasteiger partial charge in [-0.05, 0) is 42.7 Å². The van der Waals surface area contributed by atoms with Crippen LogP contribution in [-0.4, -0.2) is 47.9 Å². The maximum Gasteiger partial charge on any atom is 0.225 e. The predicted octanol–water partition coefficient (Wildman–Crippen LogP) is 2.93. The lowest BCUT2D eigenvalue weighted by molar-refractivity contribution is -0.125. The standard InChI is InChI=1S/C21H26N6OS/c1-25(2)18-9-7-16(8-10-18)14-22-19(28)17-6-5-13-27(15-17)21-24-23-20(29-21)26-11-3-4-12-26/h3-4,7-12,17H,5-6,13-15H2,1-2H3,(H,22,28). The van der Waals surface area contributed by atoms with Crippen LogP contribution in [0.4, 0.5) is 10.8 Å². The zero-order valence-corrected chi connectivity index (χ0v) is 17.6. The van der Waals surface area contributed by atoms with Crippen LogP contribution in [0, 0.1) is 5.92 Å². The van der Waals surface area contributed by atoms with E-state index in [4.69, 9.17) is 0 Å². The molecule has 7 nitrogen and oxygen atoms in total. The van der Waals surface area contributed by atoms with E-state index in [1.165, 1.54) is 0 Å². The number of anilines is 2. The van der Waals surface area contributed by atoms with E-state index < -0.39 is 0 Å². The van der Waals surface area contributed by atoms with Crippen LogP contribution >= 0.6 is 11.3 Å². The molecule has 0 radical (unpaired) electrons. The first-order valence-electron chi connectivity index (χ1n) is 9.86. The summed E-state index contributed by atoms with van der Waals surface area (Å²) in [6.07, 6.45) is 5.81. The Morgan fingerprint density at radius 1 is 1.17 bits per heavy atom. The van der Waals surface area contributed by atoms with Crippen molar-refractivity contribution >= 4 is 28.1 Å². The highest BCUT2D eigenvalue weighted by atomic mass is 32.1. The van der Waals surface area contributed by atoms with Crippen LogP contribution in [0.3, 0.4) is 0 Å². The first-order chi connectivity index (χ1) is 14.1. The third kappa shape index (κ3) is 4.59.